The monoisotopic (exact) mass is 779 g/mol. The van der Waals surface area contributed by atoms with Gasteiger partial charge in [0.25, 0.3) is 5.91 Å². The second-order valence-corrected chi connectivity index (χ2v) is 16.2. The fourth-order valence-corrected chi connectivity index (χ4v) is 9.11. The SMILES string of the molecule is Cc1cc2c(cc1OCCCCCN1CCN(CCCn3c4ccc(-c5ccc(F)cc5)cc4c4cc(-c5ccc(F)cc5)ccc43)CC1)N=C[C@@H]1CCCN1C2=O. The van der Waals surface area contributed by atoms with Gasteiger partial charge in [0.05, 0.1) is 23.9 Å². The van der Waals surface area contributed by atoms with Gasteiger partial charge in [0, 0.05) is 73.4 Å². The molecule has 0 N–H and O–H groups in total. The Morgan fingerprint density at radius 2 is 1.24 bits per heavy atom. The molecule has 2 fully saturated rings. The van der Waals surface area contributed by atoms with Gasteiger partial charge in [-0.15, -0.1) is 0 Å². The molecule has 1 aromatic heterocycles. The summed E-state index contributed by atoms with van der Waals surface area (Å²) in [5.41, 5.74) is 8.84. The standard InChI is InChI=1S/C49H51F2N5O2/c1-34-29-44-45(52-33-41-7-5-22-55(41)49(44)57)32-48(34)58-28-4-2-3-20-53-24-26-54(27-25-53)21-6-23-56-46-18-12-37(35-8-14-39(50)15-9-35)30-42(46)43-31-38(13-19-47(43)56)36-10-16-40(51)17-11-36/h8-19,29-33,41H,2-7,20-28H2,1H3/t41-/m0/s1. The molecular weight excluding hydrogens is 729 g/mol. The summed E-state index contributed by atoms with van der Waals surface area (Å²) < 4.78 is 36.1. The minimum atomic E-state index is -0.241. The van der Waals surface area contributed by atoms with Crippen LogP contribution in [0.3, 0.4) is 0 Å². The van der Waals surface area contributed by atoms with E-state index in [2.05, 4.69) is 55.8 Å². The number of unbranched alkanes of at least 4 members (excludes halogenated alkanes) is 2. The van der Waals surface area contributed by atoms with E-state index in [4.69, 9.17) is 4.74 Å². The van der Waals surface area contributed by atoms with Crippen LogP contribution >= 0.6 is 0 Å². The fourth-order valence-electron chi connectivity index (χ4n) is 9.11. The molecule has 0 bridgehead atoms. The van der Waals surface area contributed by atoms with E-state index in [0.717, 1.165) is 141 Å². The van der Waals surface area contributed by atoms with Crippen LogP contribution in [0.4, 0.5) is 14.5 Å². The highest BCUT2D eigenvalue weighted by molar-refractivity contribution is 6.10. The molecule has 0 unspecified atom stereocenters. The van der Waals surface area contributed by atoms with Crippen LogP contribution in [-0.4, -0.2) is 89.9 Å². The molecule has 0 radical (unpaired) electrons. The highest BCUT2D eigenvalue weighted by Gasteiger charge is 2.32. The van der Waals surface area contributed by atoms with Crippen LogP contribution in [0.25, 0.3) is 44.1 Å². The minimum Gasteiger partial charge on any atom is -0.493 e. The van der Waals surface area contributed by atoms with E-state index >= 15 is 0 Å². The summed E-state index contributed by atoms with van der Waals surface area (Å²) in [6, 6.07) is 30.5. The van der Waals surface area contributed by atoms with E-state index in [9.17, 15) is 13.6 Å². The van der Waals surface area contributed by atoms with Gasteiger partial charge in [0.15, 0.2) is 0 Å². The first-order valence-corrected chi connectivity index (χ1v) is 21.0. The molecule has 2 saturated heterocycles. The van der Waals surface area contributed by atoms with Gasteiger partial charge in [-0.3, -0.25) is 9.79 Å². The summed E-state index contributed by atoms with van der Waals surface area (Å²) in [7, 11) is 0. The number of aliphatic imine (C=N–C) groups is 1. The van der Waals surface area contributed by atoms with Gasteiger partial charge in [-0.1, -0.05) is 36.4 Å². The van der Waals surface area contributed by atoms with Crippen molar-refractivity contribution in [2.24, 2.45) is 4.99 Å². The van der Waals surface area contributed by atoms with Gasteiger partial charge in [-0.05, 0) is 141 Å². The summed E-state index contributed by atoms with van der Waals surface area (Å²) in [6.07, 6.45) is 8.27. The van der Waals surface area contributed by atoms with Gasteiger partial charge < -0.3 is 24.0 Å². The summed E-state index contributed by atoms with van der Waals surface area (Å²) in [5, 5.41) is 2.33. The van der Waals surface area contributed by atoms with Crippen LogP contribution in [0.5, 0.6) is 5.75 Å². The van der Waals surface area contributed by atoms with E-state index in [1.165, 1.54) is 35.3 Å². The van der Waals surface area contributed by atoms with Crippen molar-refractivity contribution >= 4 is 39.6 Å². The molecule has 0 saturated carbocycles. The van der Waals surface area contributed by atoms with Crippen molar-refractivity contribution in [1.82, 2.24) is 19.3 Å². The van der Waals surface area contributed by atoms with Gasteiger partial charge >= 0.3 is 0 Å². The molecular formula is C49H51F2N5O2. The van der Waals surface area contributed by atoms with E-state index in [1.807, 2.05) is 54.4 Å². The van der Waals surface area contributed by atoms with Gasteiger partial charge in [0.2, 0.25) is 0 Å². The maximum absolute atomic E-state index is 13.7. The quantitative estimate of drug-likeness (QED) is 0.110. The Bertz CT molecular complexity index is 2350. The maximum atomic E-state index is 13.7. The maximum Gasteiger partial charge on any atom is 0.256 e. The van der Waals surface area contributed by atoms with Crippen LogP contribution in [0.15, 0.2) is 102 Å². The topological polar surface area (TPSA) is 53.3 Å². The number of aromatic nitrogens is 1. The molecule has 4 heterocycles. The summed E-state index contributed by atoms with van der Waals surface area (Å²) in [5.74, 6) is 0.431. The van der Waals surface area contributed by atoms with Crippen LogP contribution in [0.1, 0.15) is 54.4 Å². The van der Waals surface area contributed by atoms with Crippen molar-refractivity contribution in [3.05, 3.63) is 120 Å². The number of nitrogens with zero attached hydrogens (tertiary/aromatic N) is 5. The molecule has 9 heteroatoms. The Morgan fingerprint density at radius 3 is 1.86 bits per heavy atom. The predicted octanol–water partition coefficient (Wildman–Crippen LogP) is 10.3. The first-order valence-electron chi connectivity index (χ1n) is 21.0. The highest BCUT2D eigenvalue weighted by Crippen LogP contribution is 2.37. The second kappa shape index (κ2) is 16.8. The first kappa shape index (κ1) is 38.2. The minimum absolute atomic E-state index is 0.0874. The van der Waals surface area contributed by atoms with Crippen LogP contribution in [0, 0.1) is 18.6 Å². The molecule has 0 spiro atoms. The molecule has 3 aliphatic heterocycles. The number of amides is 1. The summed E-state index contributed by atoms with van der Waals surface area (Å²) in [6.45, 7) is 10.9. The van der Waals surface area contributed by atoms with E-state index in [0.29, 0.717) is 12.2 Å². The smallest absolute Gasteiger partial charge is 0.256 e. The lowest BCUT2D eigenvalue weighted by atomic mass is 10.0. The highest BCUT2D eigenvalue weighted by atomic mass is 19.1. The lowest BCUT2D eigenvalue weighted by molar-refractivity contribution is 0.0774. The Labute approximate surface area is 339 Å². The number of hydrogen-bond donors (Lipinski definition) is 0. The Morgan fingerprint density at radius 1 is 0.655 bits per heavy atom. The van der Waals surface area contributed by atoms with Crippen LogP contribution < -0.4 is 4.74 Å². The van der Waals surface area contributed by atoms with Crippen molar-refractivity contribution in [2.75, 3.05) is 52.4 Å². The zero-order chi connectivity index (χ0) is 39.6. The molecule has 298 valence electrons. The number of ether oxygens (including phenoxy) is 1. The third kappa shape index (κ3) is 8.03. The lowest BCUT2D eigenvalue weighted by Crippen LogP contribution is -2.46. The third-order valence-corrected chi connectivity index (χ3v) is 12.4. The van der Waals surface area contributed by atoms with Crippen molar-refractivity contribution in [3.8, 4) is 28.0 Å². The molecule has 7 nitrogen and oxygen atoms in total. The average molecular weight is 780 g/mol. The van der Waals surface area contributed by atoms with Crippen LogP contribution in [0.2, 0.25) is 0 Å². The van der Waals surface area contributed by atoms with E-state index in [-0.39, 0.29) is 23.6 Å². The normalized spacial score (nSPS) is 17.3. The molecule has 0 aliphatic carbocycles. The van der Waals surface area contributed by atoms with E-state index < -0.39 is 0 Å². The number of benzene rings is 5. The van der Waals surface area contributed by atoms with Gasteiger partial charge in [-0.25, -0.2) is 8.78 Å². The van der Waals surface area contributed by atoms with Crippen LogP contribution in [-0.2, 0) is 6.54 Å². The number of carbonyl (C=O) groups is 1. The fraction of sp³-hybridized carbons (Fsp3) is 0.347. The number of aryl methyl sites for hydroxylation is 2. The molecule has 58 heavy (non-hydrogen) atoms. The first-order chi connectivity index (χ1) is 28.4. The van der Waals surface area contributed by atoms with Crippen molar-refractivity contribution in [2.45, 2.75) is 58.0 Å². The zero-order valence-corrected chi connectivity index (χ0v) is 33.3. The predicted molar refractivity (Wildman–Crippen MR) is 230 cm³/mol. The Kier molecular flexibility index (Phi) is 11.1. The van der Waals surface area contributed by atoms with Crippen molar-refractivity contribution in [1.29, 1.82) is 0 Å². The number of carbonyl (C=O) groups excluding carboxylic acids is 1. The number of hydrogen-bond acceptors (Lipinski definition) is 5. The second-order valence-electron chi connectivity index (χ2n) is 16.2. The van der Waals surface area contributed by atoms with Crippen molar-refractivity contribution in [3.63, 3.8) is 0 Å². The van der Waals surface area contributed by atoms with Gasteiger partial charge in [-0.2, -0.15) is 0 Å². The van der Waals surface area contributed by atoms with Crippen molar-refractivity contribution < 1.29 is 18.3 Å². The Hall–Kier alpha value is -5.38. The third-order valence-electron chi connectivity index (χ3n) is 12.4. The van der Waals surface area contributed by atoms with Gasteiger partial charge in [0.1, 0.15) is 17.4 Å². The molecule has 5 aromatic carbocycles. The number of rotatable bonds is 13. The van der Waals surface area contributed by atoms with E-state index in [1.54, 1.807) is 0 Å². The number of halogens is 2. The number of fused-ring (bicyclic) bond motifs is 5. The molecule has 9 rings (SSSR count). The molecule has 1 amide bonds. The molecule has 3 aliphatic rings. The summed E-state index contributed by atoms with van der Waals surface area (Å²) >= 11 is 0. The largest absolute Gasteiger partial charge is 0.493 e. The zero-order valence-electron chi connectivity index (χ0n) is 33.3. The summed E-state index contributed by atoms with van der Waals surface area (Å²) in [4.78, 5) is 24.9. The average Bonchev–Trinajstić information content (AvgIpc) is 3.81. The molecule has 6 aromatic rings. The lowest BCUT2D eigenvalue weighted by Gasteiger charge is -2.34. The molecule has 1 atom stereocenters. The Balaban J connectivity index is 0.763. The number of piperazine rings is 1.